The highest BCUT2D eigenvalue weighted by Gasteiger charge is 2.44. The van der Waals surface area contributed by atoms with Crippen molar-refractivity contribution in [2.24, 2.45) is 0 Å². The monoisotopic (exact) mass is 459 g/mol. The number of hydrogen-bond acceptors (Lipinski definition) is 6. The first-order valence-corrected chi connectivity index (χ1v) is 11.1. The van der Waals surface area contributed by atoms with Crippen molar-refractivity contribution in [1.82, 2.24) is 4.57 Å². The molecule has 4 rings (SSSR count). The Morgan fingerprint density at radius 1 is 1.06 bits per heavy atom. The maximum Gasteiger partial charge on any atom is 0.163 e. The summed E-state index contributed by atoms with van der Waals surface area (Å²) in [6.45, 7) is 5.19. The van der Waals surface area contributed by atoms with E-state index in [2.05, 4.69) is 0 Å². The molecule has 3 aromatic rings. The van der Waals surface area contributed by atoms with Crippen molar-refractivity contribution in [2.45, 2.75) is 63.9 Å². The molecule has 0 unspecified atom stereocenters. The number of aryl methyl sites for hydroxylation is 1. The first-order chi connectivity index (χ1) is 15.7. The van der Waals surface area contributed by atoms with Gasteiger partial charge in [-0.2, -0.15) is 0 Å². The van der Waals surface area contributed by atoms with Gasteiger partial charge in [0.2, 0.25) is 0 Å². The third kappa shape index (κ3) is 4.49. The van der Waals surface area contributed by atoms with E-state index in [9.17, 15) is 24.8 Å². The molecule has 0 amide bonds. The van der Waals surface area contributed by atoms with Crippen LogP contribution in [0, 0.1) is 12.7 Å². The third-order valence-electron chi connectivity index (χ3n) is 6.06. The topological polar surface area (TPSA) is 104 Å². The van der Waals surface area contributed by atoms with Crippen LogP contribution >= 0.6 is 0 Å². The van der Waals surface area contributed by atoms with Gasteiger partial charge in [0.15, 0.2) is 6.23 Å². The van der Waals surface area contributed by atoms with Crippen molar-refractivity contribution in [2.75, 3.05) is 6.61 Å². The van der Waals surface area contributed by atoms with Gasteiger partial charge in [0.25, 0.3) is 0 Å². The van der Waals surface area contributed by atoms with Crippen LogP contribution in [0.5, 0.6) is 5.75 Å². The number of aliphatic hydroxyl groups excluding tert-OH is 4. The Balaban J connectivity index is 1.74. The van der Waals surface area contributed by atoms with Crippen molar-refractivity contribution < 1.29 is 34.3 Å². The Morgan fingerprint density at radius 2 is 1.82 bits per heavy atom. The zero-order chi connectivity index (χ0) is 23.9. The SMILES string of the molecule is Cc1cccc2c1c(Cc1ccc(OC(C)C)cc1F)cn2[C@@H]1O[C@H](CO)[C@@H](O)[C@H](O)[C@H]1O. The Bertz CT molecular complexity index is 1130. The molecule has 1 saturated heterocycles. The lowest BCUT2D eigenvalue weighted by Crippen LogP contribution is -2.56. The fourth-order valence-electron chi connectivity index (χ4n) is 4.47. The Labute approximate surface area is 191 Å². The summed E-state index contributed by atoms with van der Waals surface area (Å²) in [5.41, 5.74) is 3.00. The highest BCUT2D eigenvalue weighted by atomic mass is 19.1. The van der Waals surface area contributed by atoms with Gasteiger partial charge in [0.05, 0.1) is 18.2 Å². The third-order valence-corrected chi connectivity index (χ3v) is 6.06. The predicted molar refractivity (Wildman–Crippen MR) is 121 cm³/mol. The molecule has 2 heterocycles. The molecule has 0 aliphatic carbocycles. The molecule has 0 saturated carbocycles. The smallest absolute Gasteiger partial charge is 0.163 e. The summed E-state index contributed by atoms with van der Waals surface area (Å²) in [5, 5.41) is 41.5. The van der Waals surface area contributed by atoms with E-state index < -0.39 is 37.3 Å². The van der Waals surface area contributed by atoms with Gasteiger partial charge in [-0.1, -0.05) is 18.2 Å². The molecule has 0 spiro atoms. The van der Waals surface area contributed by atoms with Gasteiger partial charge in [-0.25, -0.2) is 4.39 Å². The number of fused-ring (bicyclic) bond motifs is 1. The van der Waals surface area contributed by atoms with Gasteiger partial charge >= 0.3 is 0 Å². The molecule has 0 bridgehead atoms. The van der Waals surface area contributed by atoms with E-state index in [1.807, 2.05) is 39.0 Å². The van der Waals surface area contributed by atoms with E-state index in [0.717, 1.165) is 22.0 Å². The molecule has 7 nitrogen and oxygen atoms in total. The predicted octanol–water partition coefficient (Wildman–Crippen LogP) is 2.44. The summed E-state index contributed by atoms with van der Waals surface area (Å²) in [5.74, 6) is 0.0849. The minimum Gasteiger partial charge on any atom is -0.491 e. The second-order valence-corrected chi connectivity index (χ2v) is 8.85. The van der Waals surface area contributed by atoms with Crippen LogP contribution < -0.4 is 4.74 Å². The zero-order valence-electron chi connectivity index (χ0n) is 18.9. The fourth-order valence-corrected chi connectivity index (χ4v) is 4.47. The van der Waals surface area contributed by atoms with Gasteiger partial charge in [-0.3, -0.25) is 0 Å². The van der Waals surface area contributed by atoms with E-state index in [4.69, 9.17) is 9.47 Å². The van der Waals surface area contributed by atoms with E-state index >= 15 is 0 Å². The molecule has 8 heteroatoms. The average Bonchev–Trinajstić information content (AvgIpc) is 3.13. The van der Waals surface area contributed by atoms with E-state index in [1.54, 1.807) is 22.9 Å². The van der Waals surface area contributed by atoms with Crippen LogP contribution in [0.2, 0.25) is 0 Å². The van der Waals surface area contributed by atoms with Crippen LogP contribution in [0.1, 0.15) is 36.8 Å². The Hall–Kier alpha value is -2.49. The average molecular weight is 460 g/mol. The first-order valence-electron chi connectivity index (χ1n) is 11.1. The molecule has 1 aromatic heterocycles. The highest BCUT2D eigenvalue weighted by molar-refractivity contribution is 5.87. The maximum atomic E-state index is 14.9. The normalized spacial score (nSPS) is 25.7. The molecule has 5 atom stereocenters. The Kier molecular flexibility index (Phi) is 6.74. The number of ether oxygens (including phenoxy) is 2. The summed E-state index contributed by atoms with van der Waals surface area (Å²) < 4.78 is 27.9. The van der Waals surface area contributed by atoms with Gasteiger partial charge in [0.1, 0.15) is 36.0 Å². The summed E-state index contributed by atoms with van der Waals surface area (Å²) >= 11 is 0. The molecule has 1 aliphatic heterocycles. The van der Waals surface area contributed by atoms with Crippen LogP contribution in [0.15, 0.2) is 42.6 Å². The summed E-state index contributed by atoms with van der Waals surface area (Å²) in [6, 6.07) is 10.5. The molecular formula is C25H30FNO6. The minimum absolute atomic E-state index is 0.0607. The lowest BCUT2D eigenvalue weighted by atomic mass is 9.98. The van der Waals surface area contributed by atoms with Crippen LogP contribution in [0.4, 0.5) is 4.39 Å². The quantitative estimate of drug-likeness (QED) is 0.452. The van der Waals surface area contributed by atoms with Crippen molar-refractivity contribution in [1.29, 1.82) is 0 Å². The van der Waals surface area contributed by atoms with Gasteiger partial charge in [-0.15, -0.1) is 0 Å². The molecule has 0 radical (unpaired) electrons. The standard InChI is InChI=1S/C25H30FNO6/c1-13(2)32-17-8-7-15(18(26)10-17)9-16-11-27(19-6-4-5-14(3)21(16)19)25-24(31)23(30)22(29)20(12-28)33-25/h4-8,10-11,13,20,22-25,28-31H,9,12H2,1-3H3/t20-,22-,23+,24-,25-/m1/s1. The number of halogens is 1. The van der Waals surface area contributed by atoms with Crippen LogP contribution in [-0.2, 0) is 11.2 Å². The molecule has 33 heavy (non-hydrogen) atoms. The van der Waals surface area contributed by atoms with Crippen LogP contribution in [0.3, 0.4) is 0 Å². The molecular weight excluding hydrogens is 429 g/mol. The number of aliphatic hydroxyl groups is 4. The fraction of sp³-hybridized carbons (Fsp3) is 0.440. The summed E-state index contributed by atoms with van der Waals surface area (Å²) in [4.78, 5) is 0. The lowest BCUT2D eigenvalue weighted by molar-refractivity contribution is -0.250. The number of benzene rings is 2. The second kappa shape index (κ2) is 9.40. The van der Waals surface area contributed by atoms with E-state index in [1.165, 1.54) is 6.07 Å². The van der Waals surface area contributed by atoms with E-state index in [-0.39, 0.29) is 11.9 Å². The largest absolute Gasteiger partial charge is 0.491 e. The number of hydrogen-bond donors (Lipinski definition) is 4. The second-order valence-electron chi connectivity index (χ2n) is 8.85. The minimum atomic E-state index is -1.49. The van der Waals surface area contributed by atoms with Crippen LogP contribution in [-0.4, -0.2) is 62.1 Å². The summed E-state index contributed by atoms with van der Waals surface area (Å²) in [6.07, 6.45) is -4.41. The molecule has 1 aliphatic rings. The van der Waals surface area contributed by atoms with Crippen molar-refractivity contribution in [3.8, 4) is 5.75 Å². The van der Waals surface area contributed by atoms with Crippen molar-refractivity contribution >= 4 is 10.9 Å². The first kappa shape index (κ1) is 23.7. The van der Waals surface area contributed by atoms with E-state index in [0.29, 0.717) is 17.7 Å². The summed E-state index contributed by atoms with van der Waals surface area (Å²) in [7, 11) is 0. The van der Waals surface area contributed by atoms with Gasteiger partial charge < -0.3 is 34.5 Å². The molecule has 4 N–H and O–H groups in total. The number of nitrogens with zero attached hydrogens (tertiary/aromatic N) is 1. The lowest BCUT2D eigenvalue weighted by Gasteiger charge is -2.40. The highest BCUT2D eigenvalue weighted by Crippen LogP contribution is 2.35. The maximum absolute atomic E-state index is 14.9. The van der Waals surface area contributed by atoms with Gasteiger partial charge in [-0.05, 0) is 49.6 Å². The number of aromatic nitrogens is 1. The van der Waals surface area contributed by atoms with Gasteiger partial charge in [0, 0.05) is 24.1 Å². The van der Waals surface area contributed by atoms with Crippen LogP contribution in [0.25, 0.3) is 10.9 Å². The zero-order valence-corrected chi connectivity index (χ0v) is 18.9. The van der Waals surface area contributed by atoms with Crippen molar-refractivity contribution in [3.63, 3.8) is 0 Å². The molecule has 178 valence electrons. The molecule has 1 fully saturated rings. The Morgan fingerprint density at radius 3 is 2.48 bits per heavy atom. The number of rotatable bonds is 6. The van der Waals surface area contributed by atoms with Crippen molar-refractivity contribution in [3.05, 3.63) is 65.1 Å². The molecule has 2 aromatic carbocycles.